The summed E-state index contributed by atoms with van der Waals surface area (Å²) >= 11 is 3.34. The number of likely N-dealkylation sites (tertiary alicyclic amines) is 1. The molecular weight excluding hydrogens is 342 g/mol. The zero-order valence-corrected chi connectivity index (χ0v) is 13.8. The third-order valence-electron chi connectivity index (χ3n) is 3.82. The van der Waals surface area contributed by atoms with Gasteiger partial charge in [0, 0.05) is 42.5 Å². The number of carbonyl (C=O) groups excluding carboxylic acids is 1. The van der Waals surface area contributed by atoms with Gasteiger partial charge in [-0.05, 0) is 34.0 Å². The minimum atomic E-state index is -0.0552. The number of carbonyl (C=O) groups is 1. The monoisotopic (exact) mass is 359 g/mol. The lowest BCUT2D eigenvalue weighted by Crippen LogP contribution is -2.37. The number of hydrogen-bond acceptors (Lipinski definition) is 3. The van der Waals surface area contributed by atoms with Crippen molar-refractivity contribution in [1.82, 2.24) is 15.2 Å². The first-order valence-corrected chi connectivity index (χ1v) is 8.18. The number of amides is 1. The van der Waals surface area contributed by atoms with E-state index in [2.05, 4.69) is 55.4 Å². The van der Waals surface area contributed by atoms with Crippen LogP contribution >= 0.6 is 15.9 Å². The van der Waals surface area contributed by atoms with E-state index < -0.39 is 0 Å². The Kier molecular flexibility index (Phi) is 4.85. The summed E-state index contributed by atoms with van der Waals surface area (Å²) in [5.41, 5.74) is 1.90. The second kappa shape index (κ2) is 7.03. The molecule has 1 amide bonds. The molecule has 1 aliphatic rings. The van der Waals surface area contributed by atoms with Crippen LogP contribution in [0.1, 0.15) is 22.3 Å². The second-order valence-corrected chi connectivity index (χ2v) is 6.49. The van der Waals surface area contributed by atoms with Crippen LogP contribution in [0.4, 0.5) is 0 Å². The number of benzene rings is 1. The first kappa shape index (κ1) is 15.2. The van der Waals surface area contributed by atoms with Crippen molar-refractivity contribution in [2.45, 2.75) is 19.0 Å². The topological polar surface area (TPSA) is 45.2 Å². The van der Waals surface area contributed by atoms with E-state index in [0.29, 0.717) is 5.56 Å². The number of rotatable bonds is 4. The van der Waals surface area contributed by atoms with Crippen molar-refractivity contribution in [3.05, 3.63) is 64.4 Å². The number of pyridine rings is 1. The average Bonchev–Trinajstić information content (AvgIpc) is 2.95. The highest BCUT2D eigenvalue weighted by atomic mass is 79.9. The predicted molar refractivity (Wildman–Crippen MR) is 89.5 cm³/mol. The number of aromatic nitrogens is 1. The van der Waals surface area contributed by atoms with Gasteiger partial charge in [0.1, 0.15) is 0 Å². The number of hydrogen-bond donors (Lipinski definition) is 1. The van der Waals surface area contributed by atoms with E-state index in [4.69, 9.17) is 0 Å². The molecule has 4 nitrogen and oxygen atoms in total. The lowest BCUT2D eigenvalue weighted by Gasteiger charge is -2.16. The van der Waals surface area contributed by atoms with Gasteiger partial charge in [-0.2, -0.15) is 0 Å². The Morgan fingerprint density at radius 2 is 2.14 bits per heavy atom. The fourth-order valence-corrected chi connectivity index (χ4v) is 3.11. The lowest BCUT2D eigenvalue weighted by atomic mass is 10.2. The Bertz CT molecular complexity index is 647. The smallest absolute Gasteiger partial charge is 0.253 e. The van der Waals surface area contributed by atoms with Gasteiger partial charge in [0.05, 0.1) is 5.56 Å². The first-order chi connectivity index (χ1) is 10.7. The molecule has 1 N–H and O–H groups in total. The molecule has 0 bridgehead atoms. The Hall–Kier alpha value is -1.72. The highest BCUT2D eigenvalue weighted by Crippen LogP contribution is 2.15. The molecular formula is C17H18BrN3O. The van der Waals surface area contributed by atoms with Crippen LogP contribution in [-0.4, -0.2) is 34.9 Å². The molecule has 0 unspecified atom stereocenters. The molecule has 0 aliphatic carbocycles. The summed E-state index contributed by atoms with van der Waals surface area (Å²) in [7, 11) is 0. The van der Waals surface area contributed by atoms with E-state index in [1.165, 1.54) is 5.56 Å². The van der Waals surface area contributed by atoms with E-state index in [-0.39, 0.29) is 11.9 Å². The van der Waals surface area contributed by atoms with E-state index in [0.717, 1.165) is 30.5 Å². The number of nitrogens with one attached hydrogen (secondary N) is 1. The van der Waals surface area contributed by atoms with Crippen molar-refractivity contribution in [3.8, 4) is 0 Å². The van der Waals surface area contributed by atoms with Gasteiger partial charge in [0.2, 0.25) is 0 Å². The summed E-state index contributed by atoms with van der Waals surface area (Å²) in [4.78, 5) is 18.6. The summed E-state index contributed by atoms with van der Waals surface area (Å²) in [5, 5.41) is 3.10. The highest BCUT2D eigenvalue weighted by molar-refractivity contribution is 9.10. The number of halogens is 1. The van der Waals surface area contributed by atoms with Gasteiger partial charge in [-0.1, -0.05) is 30.3 Å². The van der Waals surface area contributed by atoms with Crippen LogP contribution in [0.3, 0.4) is 0 Å². The van der Waals surface area contributed by atoms with Gasteiger partial charge in [-0.15, -0.1) is 0 Å². The van der Waals surface area contributed by atoms with E-state index >= 15 is 0 Å². The zero-order valence-electron chi connectivity index (χ0n) is 12.2. The van der Waals surface area contributed by atoms with Crippen LogP contribution in [0.15, 0.2) is 53.3 Å². The van der Waals surface area contributed by atoms with Crippen molar-refractivity contribution in [2.75, 3.05) is 13.1 Å². The third kappa shape index (κ3) is 3.93. The van der Waals surface area contributed by atoms with Crippen molar-refractivity contribution in [3.63, 3.8) is 0 Å². The SMILES string of the molecule is O=C(N[C@@H]1CCN(Cc2ccccc2)C1)c1cncc(Br)c1. The molecule has 1 aromatic heterocycles. The summed E-state index contributed by atoms with van der Waals surface area (Å²) in [6.45, 7) is 2.84. The Morgan fingerprint density at radius 1 is 1.32 bits per heavy atom. The van der Waals surface area contributed by atoms with Gasteiger partial charge in [0.15, 0.2) is 0 Å². The standard InChI is InChI=1S/C17H18BrN3O/c18-15-8-14(9-19-10-15)17(22)20-16-6-7-21(12-16)11-13-4-2-1-3-5-13/h1-5,8-10,16H,6-7,11-12H2,(H,20,22)/t16-/m1/s1. The van der Waals surface area contributed by atoms with Crippen LogP contribution < -0.4 is 5.32 Å². The van der Waals surface area contributed by atoms with Crippen LogP contribution in [0.2, 0.25) is 0 Å². The Labute approximate surface area is 138 Å². The molecule has 2 heterocycles. The fourth-order valence-electron chi connectivity index (χ4n) is 2.74. The second-order valence-electron chi connectivity index (χ2n) is 5.57. The van der Waals surface area contributed by atoms with Gasteiger partial charge in [-0.25, -0.2) is 0 Å². The van der Waals surface area contributed by atoms with E-state index in [1.54, 1.807) is 18.5 Å². The quantitative estimate of drug-likeness (QED) is 0.912. The first-order valence-electron chi connectivity index (χ1n) is 7.38. The average molecular weight is 360 g/mol. The van der Waals surface area contributed by atoms with Crippen LogP contribution in [-0.2, 0) is 6.54 Å². The molecule has 1 fully saturated rings. The predicted octanol–water partition coefficient (Wildman–Crippen LogP) is 2.85. The molecule has 0 spiro atoms. The lowest BCUT2D eigenvalue weighted by molar-refractivity contribution is 0.0937. The molecule has 1 aliphatic heterocycles. The molecule has 3 rings (SSSR count). The molecule has 2 aromatic rings. The largest absolute Gasteiger partial charge is 0.348 e. The summed E-state index contributed by atoms with van der Waals surface area (Å²) in [6.07, 6.45) is 4.25. The molecule has 22 heavy (non-hydrogen) atoms. The maximum absolute atomic E-state index is 12.2. The number of nitrogens with zero attached hydrogens (tertiary/aromatic N) is 2. The minimum absolute atomic E-state index is 0.0552. The van der Waals surface area contributed by atoms with Gasteiger partial charge >= 0.3 is 0 Å². The van der Waals surface area contributed by atoms with Crippen LogP contribution in [0.25, 0.3) is 0 Å². The Morgan fingerprint density at radius 3 is 2.91 bits per heavy atom. The van der Waals surface area contributed by atoms with Crippen LogP contribution in [0.5, 0.6) is 0 Å². The molecule has 0 saturated carbocycles. The maximum atomic E-state index is 12.2. The van der Waals surface area contributed by atoms with Gasteiger partial charge in [0.25, 0.3) is 5.91 Å². The zero-order chi connectivity index (χ0) is 15.4. The summed E-state index contributed by atoms with van der Waals surface area (Å²) in [5.74, 6) is -0.0552. The van der Waals surface area contributed by atoms with Crippen molar-refractivity contribution in [1.29, 1.82) is 0 Å². The van der Waals surface area contributed by atoms with E-state index in [1.807, 2.05) is 6.07 Å². The fraction of sp³-hybridized carbons (Fsp3) is 0.294. The van der Waals surface area contributed by atoms with E-state index in [9.17, 15) is 4.79 Å². The summed E-state index contributed by atoms with van der Waals surface area (Å²) in [6, 6.07) is 12.4. The Balaban J connectivity index is 1.54. The van der Waals surface area contributed by atoms with Gasteiger partial charge in [-0.3, -0.25) is 14.7 Å². The molecule has 0 radical (unpaired) electrons. The molecule has 1 saturated heterocycles. The minimum Gasteiger partial charge on any atom is -0.348 e. The molecule has 1 atom stereocenters. The third-order valence-corrected chi connectivity index (χ3v) is 4.26. The molecule has 5 heteroatoms. The van der Waals surface area contributed by atoms with Crippen LogP contribution in [0, 0.1) is 0 Å². The molecule has 114 valence electrons. The highest BCUT2D eigenvalue weighted by Gasteiger charge is 2.24. The maximum Gasteiger partial charge on any atom is 0.253 e. The molecule has 1 aromatic carbocycles. The normalized spacial score (nSPS) is 18.3. The van der Waals surface area contributed by atoms with Crippen molar-refractivity contribution >= 4 is 21.8 Å². The van der Waals surface area contributed by atoms with Crippen molar-refractivity contribution < 1.29 is 4.79 Å². The summed E-state index contributed by atoms with van der Waals surface area (Å²) < 4.78 is 0.817. The van der Waals surface area contributed by atoms with Gasteiger partial charge < -0.3 is 5.32 Å². The van der Waals surface area contributed by atoms with Crippen molar-refractivity contribution in [2.24, 2.45) is 0 Å².